The maximum atomic E-state index is 4.27. The third-order valence-electron chi connectivity index (χ3n) is 2.51. The molecule has 0 saturated carbocycles. The van der Waals surface area contributed by atoms with Gasteiger partial charge in [-0.05, 0) is 44.5 Å². The van der Waals surface area contributed by atoms with Crippen molar-refractivity contribution in [2.45, 2.75) is 26.8 Å². The molecular weight excluding hydrogens is 226 g/mol. The van der Waals surface area contributed by atoms with Gasteiger partial charge >= 0.3 is 0 Å². The van der Waals surface area contributed by atoms with Crippen LogP contribution in [0, 0.1) is 6.92 Å². The number of rotatable bonds is 4. The molecule has 94 valence electrons. The van der Waals surface area contributed by atoms with Crippen molar-refractivity contribution in [2.75, 3.05) is 5.32 Å². The molecule has 0 saturated heterocycles. The van der Waals surface area contributed by atoms with Gasteiger partial charge in [-0.25, -0.2) is 4.98 Å². The van der Waals surface area contributed by atoms with Crippen molar-refractivity contribution in [2.24, 2.45) is 4.99 Å². The number of aromatic amines is 1. The van der Waals surface area contributed by atoms with Crippen LogP contribution in [0.15, 0.2) is 29.5 Å². The standard InChI is InChI=1S/C13H17N5/c1-9(2)14-7-15-12-5-4-11(6-10(12)3)13-16-8-17-18-13/h4-9H,1-3H3,(H,14,15)(H,16,17,18). The third-order valence-corrected chi connectivity index (χ3v) is 2.51. The fraction of sp³-hybridized carbons (Fsp3) is 0.308. The topological polar surface area (TPSA) is 66.0 Å². The van der Waals surface area contributed by atoms with Crippen LogP contribution in [0.25, 0.3) is 11.4 Å². The molecule has 0 aliphatic heterocycles. The predicted molar refractivity (Wildman–Crippen MR) is 73.8 cm³/mol. The molecule has 0 amide bonds. The van der Waals surface area contributed by atoms with Crippen LogP contribution in [0.3, 0.4) is 0 Å². The number of hydrogen-bond donors (Lipinski definition) is 2. The Morgan fingerprint density at radius 1 is 1.39 bits per heavy atom. The van der Waals surface area contributed by atoms with E-state index in [1.54, 1.807) is 6.34 Å². The first kappa shape index (κ1) is 12.3. The Labute approximate surface area is 106 Å². The van der Waals surface area contributed by atoms with E-state index >= 15 is 0 Å². The second kappa shape index (κ2) is 5.44. The predicted octanol–water partition coefficient (Wildman–Crippen LogP) is 2.63. The second-order valence-electron chi connectivity index (χ2n) is 4.38. The van der Waals surface area contributed by atoms with Gasteiger partial charge < -0.3 is 5.32 Å². The van der Waals surface area contributed by atoms with Crippen molar-refractivity contribution < 1.29 is 0 Å². The van der Waals surface area contributed by atoms with E-state index in [1.165, 1.54) is 6.33 Å². The van der Waals surface area contributed by atoms with Crippen molar-refractivity contribution >= 4 is 12.0 Å². The molecule has 1 heterocycles. The molecule has 1 aromatic carbocycles. The van der Waals surface area contributed by atoms with Gasteiger partial charge in [0.05, 0.1) is 6.34 Å². The van der Waals surface area contributed by atoms with Gasteiger partial charge in [0.25, 0.3) is 0 Å². The minimum absolute atomic E-state index is 0.297. The van der Waals surface area contributed by atoms with Gasteiger partial charge in [-0.2, -0.15) is 5.10 Å². The number of aliphatic imine (C=N–C) groups is 1. The van der Waals surface area contributed by atoms with Crippen molar-refractivity contribution in [3.63, 3.8) is 0 Å². The monoisotopic (exact) mass is 243 g/mol. The number of anilines is 1. The van der Waals surface area contributed by atoms with Crippen LogP contribution in [0.4, 0.5) is 5.69 Å². The van der Waals surface area contributed by atoms with E-state index in [2.05, 4.69) is 31.6 Å². The Balaban J connectivity index is 2.15. The highest BCUT2D eigenvalue weighted by Crippen LogP contribution is 2.21. The van der Waals surface area contributed by atoms with Gasteiger partial charge in [0.15, 0.2) is 5.82 Å². The summed E-state index contributed by atoms with van der Waals surface area (Å²) in [6, 6.07) is 6.37. The highest BCUT2D eigenvalue weighted by Gasteiger charge is 2.03. The first-order valence-corrected chi connectivity index (χ1v) is 5.91. The van der Waals surface area contributed by atoms with E-state index in [0.717, 1.165) is 22.6 Å². The van der Waals surface area contributed by atoms with Crippen LogP contribution < -0.4 is 5.32 Å². The lowest BCUT2D eigenvalue weighted by Crippen LogP contribution is -2.00. The lowest BCUT2D eigenvalue weighted by molar-refractivity contribution is 0.840. The Bertz CT molecular complexity index is 528. The Morgan fingerprint density at radius 3 is 2.83 bits per heavy atom. The Hall–Kier alpha value is -2.17. The van der Waals surface area contributed by atoms with Crippen LogP contribution in [0.1, 0.15) is 19.4 Å². The maximum Gasteiger partial charge on any atom is 0.155 e. The van der Waals surface area contributed by atoms with Crippen LogP contribution in [-0.2, 0) is 0 Å². The summed E-state index contributed by atoms with van der Waals surface area (Å²) in [4.78, 5) is 8.40. The molecule has 0 fully saturated rings. The average molecular weight is 243 g/mol. The lowest BCUT2D eigenvalue weighted by Gasteiger charge is -2.07. The average Bonchev–Trinajstić information content (AvgIpc) is 2.84. The van der Waals surface area contributed by atoms with E-state index in [1.807, 2.05) is 32.9 Å². The molecule has 0 atom stereocenters. The minimum Gasteiger partial charge on any atom is -0.347 e. The summed E-state index contributed by atoms with van der Waals surface area (Å²) < 4.78 is 0. The van der Waals surface area contributed by atoms with Crippen LogP contribution in [0.5, 0.6) is 0 Å². The van der Waals surface area contributed by atoms with Crippen LogP contribution in [-0.4, -0.2) is 27.6 Å². The van der Waals surface area contributed by atoms with Crippen molar-refractivity contribution in [3.8, 4) is 11.4 Å². The van der Waals surface area contributed by atoms with Gasteiger partial charge in [-0.15, -0.1) is 0 Å². The molecule has 2 aromatic rings. The summed E-state index contributed by atoms with van der Waals surface area (Å²) in [7, 11) is 0. The number of H-pyrrole nitrogens is 1. The summed E-state index contributed by atoms with van der Waals surface area (Å²) >= 11 is 0. The normalized spacial score (nSPS) is 11.3. The molecule has 18 heavy (non-hydrogen) atoms. The van der Waals surface area contributed by atoms with E-state index in [0.29, 0.717) is 6.04 Å². The van der Waals surface area contributed by atoms with Crippen LogP contribution >= 0.6 is 0 Å². The van der Waals surface area contributed by atoms with Crippen LogP contribution in [0.2, 0.25) is 0 Å². The zero-order chi connectivity index (χ0) is 13.0. The summed E-state index contributed by atoms with van der Waals surface area (Å²) in [5.74, 6) is 0.778. The van der Waals surface area contributed by atoms with Gasteiger partial charge in [-0.1, -0.05) is 0 Å². The molecule has 5 nitrogen and oxygen atoms in total. The number of aryl methyl sites for hydroxylation is 1. The highest BCUT2D eigenvalue weighted by molar-refractivity contribution is 5.78. The Morgan fingerprint density at radius 2 is 2.22 bits per heavy atom. The first-order valence-electron chi connectivity index (χ1n) is 5.91. The molecule has 0 bridgehead atoms. The number of hydrogen-bond acceptors (Lipinski definition) is 3. The summed E-state index contributed by atoms with van der Waals surface area (Å²) in [6.45, 7) is 6.13. The zero-order valence-electron chi connectivity index (χ0n) is 10.8. The molecule has 0 radical (unpaired) electrons. The molecule has 5 heteroatoms. The quantitative estimate of drug-likeness (QED) is 0.640. The molecule has 0 unspecified atom stereocenters. The number of aromatic nitrogens is 3. The van der Waals surface area contributed by atoms with Gasteiger partial charge in [0.1, 0.15) is 6.33 Å². The SMILES string of the molecule is Cc1cc(-c2ncn[nH]2)ccc1NC=NC(C)C. The maximum absolute atomic E-state index is 4.27. The summed E-state index contributed by atoms with van der Waals surface area (Å²) in [5, 5.41) is 9.88. The van der Waals surface area contributed by atoms with Gasteiger partial charge in [0.2, 0.25) is 0 Å². The van der Waals surface area contributed by atoms with E-state index in [-0.39, 0.29) is 0 Å². The van der Waals surface area contributed by atoms with E-state index in [4.69, 9.17) is 0 Å². The third kappa shape index (κ3) is 2.94. The molecule has 2 N–H and O–H groups in total. The van der Waals surface area contributed by atoms with Crippen molar-refractivity contribution in [1.29, 1.82) is 0 Å². The van der Waals surface area contributed by atoms with Gasteiger partial charge in [-0.3, -0.25) is 10.1 Å². The molecule has 2 rings (SSSR count). The summed E-state index contributed by atoms with van der Waals surface area (Å²) in [5.41, 5.74) is 3.21. The molecule has 0 spiro atoms. The molecule has 1 aromatic heterocycles. The second-order valence-corrected chi connectivity index (χ2v) is 4.38. The number of nitrogens with one attached hydrogen (secondary N) is 2. The smallest absolute Gasteiger partial charge is 0.155 e. The largest absolute Gasteiger partial charge is 0.347 e. The Kier molecular flexibility index (Phi) is 3.72. The molecule has 0 aliphatic carbocycles. The lowest BCUT2D eigenvalue weighted by atomic mass is 10.1. The zero-order valence-corrected chi connectivity index (χ0v) is 10.8. The van der Waals surface area contributed by atoms with Crippen molar-refractivity contribution in [1.82, 2.24) is 15.2 Å². The summed E-state index contributed by atoms with van der Waals surface area (Å²) in [6.07, 6.45) is 3.24. The minimum atomic E-state index is 0.297. The highest BCUT2D eigenvalue weighted by atomic mass is 15.2. The number of nitrogens with zero attached hydrogens (tertiary/aromatic N) is 3. The molecular formula is C13H17N5. The van der Waals surface area contributed by atoms with Crippen molar-refractivity contribution in [3.05, 3.63) is 30.1 Å². The fourth-order valence-electron chi connectivity index (χ4n) is 1.57. The number of benzene rings is 1. The fourth-order valence-corrected chi connectivity index (χ4v) is 1.57. The first-order chi connectivity index (χ1) is 8.66. The molecule has 0 aliphatic rings. The van der Waals surface area contributed by atoms with E-state index < -0.39 is 0 Å². The van der Waals surface area contributed by atoms with Gasteiger partial charge in [0, 0.05) is 17.3 Å². The van der Waals surface area contributed by atoms with E-state index in [9.17, 15) is 0 Å².